The summed E-state index contributed by atoms with van der Waals surface area (Å²) in [4.78, 5) is 19.0. The normalized spacial score (nSPS) is 17.8. The van der Waals surface area contributed by atoms with E-state index in [-0.39, 0.29) is 11.4 Å². The zero-order valence-electron chi connectivity index (χ0n) is 15.7. The summed E-state index contributed by atoms with van der Waals surface area (Å²) in [5, 5.41) is 4.65. The average Bonchev–Trinajstić information content (AvgIpc) is 3.12. The van der Waals surface area contributed by atoms with E-state index in [2.05, 4.69) is 15.0 Å². The highest BCUT2D eigenvalue weighted by Gasteiger charge is 2.24. The molecule has 0 radical (unpaired) electrons. The predicted molar refractivity (Wildman–Crippen MR) is 104 cm³/mol. The van der Waals surface area contributed by atoms with Crippen LogP contribution < -0.4 is 10.5 Å². The second-order valence-corrected chi connectivity index (χ2v) is 7.88. The minimum absolute atomic E-state index is 0.0176. The molecule has 0 unspecified atom stereocenters. The smallest absolute Gasteiger partial charge is 0.298 e. The first-order valence-electron chi connectivity index (χ1n) is 10.1. The van der Waals surface area contributed by atoms with Crippen LogP contribution in [-0.4, -0.2) is 27.9 Å². The van der Waals surface area contributed by atoms with Crippen LogP contribution in [0.4, 0.5) is 10.4 Å². The Hall–Kier alpha value is -2.70. The second kappa shape index (κ2) is 7.04. The van der Waals surface area contributed by atoms with E-state index in [9.17, 15) is 9.18 Å². The molecule has 5 rings (SSSR count). The van der Waals surface area contributed by atoms with E-state index in [0.717, 1.165) is 62.9 Å². The van der Waals surface area contributed by atoms with Crippen LogP contribution in [0.3, 0.4) is 0 Å². The van der Waals surface area contributed by atoms with Crippen LogP contribution >= 0.6 is 0 Å². The first-order chi connectivity index (χ1) is 13.7. The van der Waals surface area contributed by atoms with E-state index in [1.165, 1.54) is 12.1 Å². The van der Waals surface area contributed by atoms with Gasteiger partial charge in [0.15, 0.2) is 5.58 Å². The number of fused-ring (bicyclic) bond motifs is 2. The molecule has 0 atom stereocenters. The molecule has 0 bridgehead atoms. The molecular weight excluding hydrogens is 359 g/mol. The van der Waals surface area contributed by atoms with Crippen LogP contribution in [0.5, 0.6) is 0 Å². The van der Waals surface area contributed by atoms with Crippen LogP contribution in [0, 0.1) is 11.7 Å². The molecule has 0 spiro atoms. The standard InChI is InChI=1S/C21H23FN4O2/c22-16-5-6-18-19(12-16)28-21(23-18)25-9-7-14(8-10-25)13-26-20(27)11-15-3-1-2-4-17(15)24-26/h5-6,11-12,14H,1-4,7-10,13H2. The fraction of sp³-hybridized carbons (Fsp3) is 0.476. The van der Waals surface area contributed by atoms with Crippen molar-refractivity contribution in [3.05, 3.63) is 51.7 Å². The first kappa shape index (κ1) is 17.4. The second-order valence-electron chi connectivity index (χ2n) is 7.88. The summed E-state index contributed by atoms with van der Waals surface area (Å²) < 4.78 is 20.7. The number of nitrogens with zero attached hydrogens (tertiary/aromatic N) is 4. The van der Waals surface area contributed by atoms with Gasteiger partial charge in [-0.15, -0.1) is 0 Å². The topological polar surface area (TPSA) is 64.2 Å². The van der Waals surface area contributed by atoms with Crippen molar-refractivity contribution in [2.24, 2.45) is 5.92 Å². The number of aromatic nitrogens is 3. The summed E-state index contributed by atoms with van der Waals surface area (Å²) >= 11 is 0. The van der Waals surface area contributed by atoms with Crippen LogP contribution in [0.25, 0.3) is 11.1 Å². The van der Waals surface area contributed by atoms with E-state index in [0.29, 0.717) is 29.6 Å². The van der Waals surface area contributed by atoms with Crippen molar-refractivity contribution < 1.29 is 8.81 Å². The molecule has 0 amide bonds. The summed E-state index contributed by atoms with van der Waals surface area (Å²) in [6.07, 6.45) is 6.15. The van der Waals surface area contributed by atoms with Crippen molar-refractivity contribution in [1.29, 1.82) is 0 Å². The molecule has 2 aliphatic rings. The minimum atomic E-state index is -0.322. The van der Waals surface area contributed by atoms with Gasteiger partial charge in [0.1, 0.15) is 11.3 Å². The molecule has 1 fully saturated rings. The Bertz CT molecular complexity index is 1070. The van der Waals surface area contributed by atoms with Gasteiger partial charge in [0.2, 0.25) is 0 Å². The number of piperidine rings is 1. The molecule has 146 valence electrons. The van der Waals surface area contributed by atoms with Crippen molar-refractivity contribution in [2.75, 3.05) is 18.0 Å². The van der Waals surface area contributed by atoms with Crippen molar-refractivity contribution in [2.45, 2.75) is 45.1 Å². The van der Waals surface area contributed by atoms with Gasteiger partial charge in [-0.1, -0.05) is 0 Å². The quantitative estimate of drug-likeness (QED) is 0.695. The summed E-state index contributed by atoms with van der Waals surface area (Å²) in [7, 11) is 0. The fourth-order valence-electron chi connectivity index (χ4n) is 4.30. The lowest BCUT2D eigenvalue weighted by atomic mass is 9.96. The Morgan fingerprint density at radius 2 is 1.96 bits per heavy atom. The SMILES string of the molecule is O=c1cc2c(nn1CC1CCN(c3nc4ccc(F)cc4o3)CC1)CCCC2. The number of aryl methyl sites for hydroxylation is 2. The average molecular weight is 382 g/mol. The van der Waals surface area contributed by atoms with Crippen molar-refractivity contribution in [3.8, 4) is 0 Å². The zero-order valence-corrected chi connectivity index (χ0v) is 15.7. The maximum absolute atomic E-state index is 13.3. The molecular formula is C21H23FN4O2. The largest absolute Gasteiger partial charge is 0.423 e. The monoisotopic (exact) mass is 382 g/mol. The molecule has 6 nitrogen and oxygen atoms in total. The van der Waals surface area contributed by atoms with Crippen LogP contribution in [0.2, 0.25) is 0 Å². The lowest BCUT2D eigenvalue weighted by Gasteiger charge is -2.31. The number of rotatable bonds is 3. The molecule has 1 aliphatic heterocycles. The van der Waals surface area contributed by atoms with Crippen LogP contribution in [-0.2, 0) is 19.4 Å². The molecule has 0 N–H and O–H groups in total. The molecule has 3 aromatic rings. The number of halogens is 1. The van der Waals surface area contributed by atoms with Gasteiger partial charge in [-0.25, -0.2) is 9.07 Å². The first-order valence-corrected chi connectivity index (χ1v) is 10.1. The molecule has 28 heavy (non-hydrogen) atoms. The maximum Gasteiger partial charge on any atom is 0.298 e. The summed E-state index contributed by atoms with van der Waals surface area (Å²) in [5.41, 5.74) is 3.39. The lowest BCUT2D eigenvalue weighted by Crippen LogP contribution is -2.37. The van der Waals surface area contributed by atoms with E-state index in [1.54, 1.807) is 16.8 Å². The highest BCUT2D eigenvalue weighted by atomic mass is 19.1. The van der Waals surface area contributed by atoms with Crippen molar-refractivity contribution >= 4 is 17.1 Å². The van der Waals surface area contributed by atoms with Gasteiger partial charge >= 0.3 is 0 Å². The molecule has 3 heterocycles. The Morgan fingerprint density at radius 3 is 2.82 bits per heavy atom. The Morgan fingerprint density at radius 1 is 1.14 bits per heavy atom. The highest BCUT2D eigenvalue weighted by Crippen LogP contribution is 2.27. The Balaban J connectivity index is 1.26. The van der Waals surface area contributed by atoms with Gasteiger partial charge in [-0.05, 0) is 62.1 Å². The summed E-state index contributed by atoms with van der Waals surface area (Å²) in [5.74, 6) is 0.0850. The fourth-order valence-corrected chi connectivity index (χ4v) is 4.30. The van der Waals surface area contributed by atoms with Gasteiger partial charge in [-0.2, -0.15) is 10.1 Å². The van der Waals surface area contributed by atoms with E-state index in [1.807, 2.05) is 0 Å². The third-order valence-corrected chi connectivity index (χ3v) is 5.93. The van der Waals surface area contributed by atoms with Gasteiger partial charge in [0, 0.05) is 31.8 Å². The van der Waals surface area contributed by atoms with Crippen LogP contribution in [0.1, 0.15) is 36.9 Å². The Kier molecular flexibility index (Phi) is 4.37. The van der Waals surface area contributed by atoms with Crippen molar-refractivity contribution in [3.63, 3.8) is 0 Å². The minimum Gasteiger partial charge on any atom is -0.423 e. The van der Waals surface area contributed by atoms with Gasteiger partial charge in [-0.3, -0.25) is 4.79 Å². The molecule has 1 aliphatic carbocycles. The number of hydrogen-bond donors (Lipinski definition) is 0. The maximum atomic E-state index is 13.3. The molecule has 2 aromatic heterocycles. The van der Waals surface area contributed by atoms with Gasteiger partial charge in [0.25, 0.3) is 11.6 Å². The third-order valence-electron chi connectivity index (χ3n) is 5.93. The number of oxazole rings is 1. The molecule has 0 saturated carbocycles. The number of benzene rings is 1. The molecule has 1 saturated heterocycles. The third kappa shape index (κ3) is 3.30. The number of hydrogen-bond acceptors (Lipinski definition) is 5. The predicted octanol–water partition coefficient (Wildman–Crippen LogP) is 3.32. The van der Waals surface area contributed by atoms with Gasteiger partial charge in [0.05, 0.1) is 5.69 Å². The molecule has 7 heteroatoms. The highest BCUT2D eigenvalue weighted by molar-refractivity contribution is 5.74. The zero-order chi connectivity index (χ0) is 19.1. The Labute approximate surface area is 162 Å². The van der Waals surface area contributed by atoms with Crippen molar-refractivity contribution in [1.82, 2.24) is 14.8 Å². The number of anilines is 1. The van der Waals surface area contributed by atoms with Crippen LogP contribution in [0.15, 0.2) is 33.5 Å². The van der Waals surface area contributed by atoms with E-state index < -0.39 is 0 Å². The van der Waals surface area contributed by atoms with E-state index in [4.69, 9.17) is 4.42 Å². The van der Waals surface area contributed by atoms with E-state index >= 15 is 0 Å². The summed E-state index contributed by atoms with van der Waals surface area (Å²) in [6, 6.07) is 6.73. The van der Waals surface area contributed by atoms with Gasteiger partial charge < -0.3 is 9.32 Å². The molecule has 1 aromatic carbocycles. The summed E-state index contributed by atoms with van der Waals surface area (Å²) in [6.45, 7) is 2.28. The lowest BCUT2D eigenvalue weighted by molar-refractivity contribution is 0.325.